The quantitative estimate of drug-likeness (QED) is 0.741. The Morgan fingerprint density at radius 1 is 1.04 bits per heavy atom. The molecule has 1 aliphatic heterocycles. The standard InChI is InChI=1S/C23H23NO3/c1-26-22-13-17(11-12-20(22)25)14-24-15-19-9-5-6-10-21(19)27-23(16-24)18-7-3-2-4-8-18/h2-13,23,25H,14-16H2,1H3. The van der Waals surface area contributed by atoms with E-state index in [-0.39, 0.29) is 11.9 Å². The molecule has 4 heteroatoms. The van der Waals surface area contributed by atoms with Gasteiger partial charge in [-0.1, -0.05) is 54.6 Å². The molecule has 1 atom stereocenters. The maximum atomic E-state index is 9.85. The molecule has 1 heterocycles. The van der Waals surface area contributed by atoms with Crippen LogP contribution in [0.3, 0.4) is 0 Å². The van der Waals surface area contributed by atoms with Crippen LogP contribution in [0.2, 0.25) is 0 Å². The van der Waals surface area contributed by atoms with Gasteiger partial charge in [-0.15, -0.1) is 0 Å². The number of para-hydroxylation sites is 1. The summed E-state index contributed by atoms with van der Waals surface area (Å²) in [6.07, 6.45) is -0.0335. The number of aromatic hydroxyl groups is 1. The predicted octanol–water partition coefficient (Wildman–Crippen LogP) is 4.54. The third-order valence-corrected chi connectivity index (χ3v) is 4.88. The SMILES string of the molecule is COc1cc(CN2Cc3ccccc3OC(c3ccccc3)C2)ccc1O. The largest absolute Gasteiger partial charge is 0.504 e. The van der Waals surface area contributed by atoms with Gasteiger partial charge in [-0.2, -0.15) is 0 Å². The Morgan fingerprint density at radius 2 is 1.81 bits per heavy atom. The second kappa shape index (κ2) is 7.72. The molecule has 0 saturated carbocycles. The van der Waals surface area contributed by atoms with Crippen LogP contribution in [-0.4, -0.2) is 23.7 Å². The van der Waals surface area contributed by atoms with E-state index in [2.05, 4.69) is 23.1 Å². The van der Waals surface area contributed by atoms with Crippen molar-refractivity contribution in [3.8, 4) is 17.2 Å². The van der Waals surface area contributed by atoms with Crippen LogP contribution in [0.25, 0.3) is 0 Å². The Bertz CT molecular complexity index is 911. The molecule has 0 fully saturated rings. The molecule has 0 aromatic heterocycles. The summed E-state index contributed by atoms with van der Waals surface area (Å²) in [5, 5.41) is 9.85. The van der Waals surface area contributed by atoms with Crippen molar-refractivity contribution in [2.24, 2.45) is 0 Å². The topological polar surface area (TPSA) is 41.9 Å². The fraction of sp³-hybridized carbons (Fsp3) is 0.217. The molecule has 1 N–H and O–H groups in total. The Hall–Kier alpha value is -2.98. The average Bonchev–Trinajstić information content (AvgIpc) is 2.89. The molecule has 138 valence electrons. The van der Waals surface area contributed by atoms with Gasteiger partial charge in [0.15, 0.2) is 11.5 Å². The molecule has 0 amide bonds. The predicted molar refractivity (Wildman–Crippen MR) is 105 cm³/mol. The lowest BCUT2D eigenvalue weighted by Gasteiger charge is -2.24. The minimum Gasteiger partial charge on any atom is -0.504 e. The summed E-state index contributed by atoms with van der Waals surface area (Å²) in [7, 11) is 1.57. The zero-order valence-corrected chi connectivity index (χ0v) is 15.3. The molecule has 0 spiro atoms. The second-order valence-corrected chi connectivity index (χ2v) is 6.80. The Balaban J connectivity index is 1.63. The molecule has 0 radical (unpaired) electrons. The van der Waals surface area contributed by atoms with Crippen molar-refractivity contribution in [3.63, 3.8) is 0 Å². The summed E-state index contributed by atoms with van der Waals surface area (Å²) < 4.78 is 11.6. The maximum absolute atomic E-state index is 9.85. The summed E-state index contributed by atoms with van der Waals surface area (Å²) in [6, 6.07) is 24.1. The summed E-state index contributed by atoms with van der Waals surface area (Å²) >= 11 is 0. The highest BCUT2D eigenvalue weighted by Gasteiger charge is 2.24. The lowest BCUT2D eigenvalue weighted by molar-refractivity contribution is 0.144. The van der Waals surface area contributed by atoms with E-state index in [1.807, 2.05) is 48.5 Å². The number of benzene rings is 3. The van der Waals surface area contributed by atoms with Gasteiger partial charge >= 0.3 is 0 Å². The van der Waals surface area contributed by atoms with Crippen molar-refractivity contribution in [2.75, 3.05) is 13.7 Å². The number of phenols is 1. The summed E-state index contributed by atoms with van der Waals surface area (Å²) in [5.74, 6) is 1.60. The van der Waals surface area contributed by atoms with E-state index in [0.29, 0.717) is 5.75 Å². The van der Waals surface area contributed by atoms with E-state index in [1.54, 1.807) is 13.2 Å². The molecule has 3 aromatic rings. The van der Waals surface area contributed by atoms with Crippen molar-refractivity contribution >= 4 is 0 Å². The van der Waals surface area contributed by atoms with E-state index in [9.17, 15) is 5.11 Å². The molecule has 3 aromatic carbocycles. The Kier molecular flexibility index (Phi) is 4.99. The lowest BCUT2D eigenvalue weighted by Crippen LogP contribution is -2.27. The van der Waals surface area contributed by atoms with Gasteiger partial charge in [-0.25, -0.2) is 0 Å². The highest BCUT2D eigenvalue weighted by Crippen LogP contribution is 2.33. The zero-order valence-electron chi connectivity index (χ0n) is 15.3. The summed E-state index contributed by atoms with van der Waals surface area (Å²) in [5.41, 5.74) is 3.44. The summed E-state index contributed by atoms with van der Waals surface area (Å²) in [6.45, 7) is 2.34. The van der Waals surface area contributed by atoms with Crippen LogP contribution in [0.4, 0.5) is 0 Å². The average molecular weight is 361 g/mol. The van der Waals surface area contributed by atoms with Gasteiger partial charge in [-0.05, 0) is 29.3 Å². The number of methoxy groups -OCH3 is 1. The fourth-order valence-corrected chi connectivity index (χ4v) is 3.52. The van der Waals surface area contributed by atoms with Gasteiger partial charge in [0.1, 0.15) is 11.9 Å². The molecule has 27 heavy (non-hydrogen) atoms. The minimum absolute atomic E-state index is 0.0335. The molecule has 4 rings (SSSR count). The van der Waals surface area contributed by atoms with Crippen LogP contribution in [-0.2, 0) is 13.1 Å². The van der Waals surface area contributed by atoms with E-state index in [0.717, 1.165) is 30.9 Å². The van der Waals surface area contributed by atoms with Gasteiger partial charge in [0.25, 0.3) is 0 Å². The van der Waals surface area contributed by atoms with Gasteiger partial charge in [0.2, 0.25) is 0 Å². The van der Waals surface area contributed by atoms with Crippen LogP contribution in [0, 0.1) is 0 Å². The number of hydrogen-bond acceptors (Lipinski definition) is 4. The van der Waals surface area contributed by atoms with Crippen molar-refractivity contribution < 1.29 is 14.6 Å². The van der Waals surface area contributed by atoms with E-state index in [1.165, 1.54) is 11.1 Å². The molecular formula is C23H23NO3. The smallest absolute Gasteiger partial charge is 0.160 e. The van der Waals surface area contributed by atoms with E-state index in [4.69, 9.17) is 9.47 Å². The monoisotopic (exact) mass is 361 g/mol. The van der Waals surface area contributed by atoms with Gasteiger partial charge in [0, 0.05) is 25.2 Å². The van der Waals surface area contributed by atoms with Gasteiger partial charge in [0.05, 0.1) is 7.11 Å². The van der Waals surface area contributed by atoms with E-state index >= 15 is 0 Å². The molecular weight excluding hydrogens is 338 g/mol. The highest BCUT2D eigenvalue weighted by atomic mass is 16.5. The number of rotatable bonds is 4. The fourth-order valence-electron chi connectivity index (χ4n) is 3.52. The third-order valence-electron chi connectivity index (χ3n) is 4.88. The van der Waals surface area contributed by atoms with Crippen molar-refractivity contribution in [3.05, 3.63) is 89.5 Å². The van der Waals surface area contributed by atoms with E-state index < -0.39 is 0 Å². The van der Waals surface area contributed by atoms with Gasteiger partial charge < -0.3 is 14.6 Å². The molecule has 0 aliphatic carbocycles. The molecule has 4 nitrogen and oxygen atoms in total. The second-order valence-electron chi connectivity index (χ2n) is 6.80. The van der Waals surface area contributed by atoms with Crippen molar-refractivity contribution in [1.82, 2.24) is 4.90 Å². The van der Waals surface area contributed by atoms with Gasteiger partial charge in [-0.3, -0.25) is 4.90 Å². The third kappa shape index (κ3) is 3.91. The number of nitrogens with zero attached hydrogens (tertiary/aromatic N) is 1. The number of fused-ring (bicyclic) bond motifs is 1. The molecule has 1 unspecified atom stereocenters. The van der Waals surface area contributed by atoms with Crippen LogP contribution in [0.5, 0.6) is 17.2 Å². The number of phenolic OH excluding ortho intramolecular Hbond substituents is 1. The Morgan fingerprint density at radius 3 is 2.63 bits per heavy atom. The normalized spacial score (nSPS) is 16.9. The zero-order chi connectivity index (χ0) is 18.6. The first-order valence-electron chi connectivity index (χ1n) is 9.10. The lowest BCUT2D eigenvalue weighted by atomic mass is 10.1. The Labute approximate surface area is 159 Å². The first-order valence-corrected chi connectivity index (χ1v) is 9.10. The first kappa shape index (κ1) is 17.4. The summed E-state index contributed by atoms with van der Waals surface area (Å²) in [4.78, 5) is 2.37. The first-order chi connectivity index (χ1) is 13.2. The highest BCUT2D eigenvalue weighted by molar-refractivity contribution is 5.42. The van der Waals surface area contributed by atoms with Crippen molar-refractivity contribution in [1.29, 1.82) is 0 Å². The molecule has 0 bridgehead atoms. The van der Waals surface area contributed by atoms with Crippen LogP contribution in [0.1, 0.15) is 22.8 Å². The molecule has 0 saturated heterocycles. The number of hydrogen-bond donors (Lipinski definition) is 1. The molecule has 1 aliphatic rings. The number of ether oxygens (including phenoxy) is 2. The van der Waals surface area contributed by atoms with Crippen molar-refractivity contribution in [2.45, 2.75) is 19.2 Å². The van der Waals surface area contributed by atoms with Crippen LogP contribution < -0.4 is 9.47 Å². The minimum atomic E-state index is -0.0335. The van der Waals surface area contributed by atoms with Crippen LogP contribution in [0.15, 0.2) is 72.8 Å². The van der Waals surface area contributed by atoms with Crippen LogP contribution >= 0.6 is 0 Å². The maximum Gasteiger partial charge on any atom is 0.160 e.